The highest BCUT2D eigenvalue weighted by atomic mass is 16.5. The van der Waals surface area contributed by atoms with Crippen LogP contribution in [-0.2, 0) is 4.79 Å². The summed E-state index contributed by atoms with van der Waals surface area (Å²) in [6.45, 7) is 3.66. The zero-order valence-corrected chi connectivity index (χ0v) is 12.8. The summed E-state index contributed by atoms with van der Waals surface area (Å²) in [7, 11) is 0. The molecule has 118 valence electrons. The van der Waals surface area contributed by atoms with Gasteiger partial charge in [0.25, 0.3) is 5.91 Å². The van der Waals surface area contributed by atoms with Gasteiger partial charge in [0.2, 0.25) is 0 Å². The molecule has 0 saturated carbocycles. The average molecular weight is 312 g/mol. The van der Waals surface area contributed by atoms with Crippen LogP contribution in [0.3, 0.4) is 0 Å². The van der Waals surface area contributed by atoms with Crippen molar-refractivity contribution in [3.8, 4) is 5.75 Å². The van der Waals surface area contributed by atoms with E-state index in [1.807, 2.05) is 31.2 Å². The molecule has 1 heterocycles. The van der Waals surface area contributed by atoms with Gasteiger partial charge in [0, 0.05) is 5.69 Å². The molecule has 23 heavy (non-hydrogen) atoms. The second-order valence-electron chi connectivity index (χ2n) is 5.29. The number of amides is 1. The average Bonchev–Trinajstić information content (AvgIpc) is 2.88. The number of rotatable bonds is 4. The second-order valence-corrected chi connectivity index (χ2v) is 5.29. The van der Waals surface area contributed by atoms with Crippen molar-refractivity contribution >= 4 is 22.7 Å². The molecule has 0 radical (unpaired) electrons. The lowest BCUT2D eigenvalue weighted by molar-refractivity contribution is -0.122. The van der Waals surface area contributed by atoms with Gasteiger partial charge in [0.1, 0.15) is 5.75 Å². The summed E-state index contributed by atoms with van der Waals surface area (Å²) >= 11 is 0. The third kappa shape index (κ3) is 3.42. The van der Waals surface area contributed by atoms with Crippen LogP contribution in [0.5, 0.6) is 5.75 Å². The maximum Gasteiger partial charge on any atom is 0.417 e. The van der Waals surface area contributed by atoms with Gasteiger partial charge >= 0.3 is 5.76 Å². The summed E-state index contributed by atoms with van der Waals surface area (Å²) in [5.41, 5.74) is 2.65. The van der Waals surface area contributed by atoms with Crippen LogP contribution in [0.15, 0.2) is 51.7 Å². The Balaban J connectivity index is 1.69. The van der Waals surface area contributed by atoms with E-state index >= 15 is 0 Å². The third-order valence-electron chi connectivity index (χ3n) is 3.39. The first-order valence-corrected chi connectivity index (χ1v) is 7.18. The highest BCUT2D eigenvalue weighted by Gasteiger charge is 2.15. The number of anilines is 1. The van der Waals surface area contributed by atoms with Crippen molar-refractivity contribution in [1.82, 2.24) is 4.98 Å². The quantitative estimate of drug-likeness (QED) is 0.776. The third-order valence-corrected chi connectivity index (χ3v) is 3.39. The van der Waals surface area contributed by atoms with Crippen LogP contribution < -0.4 is 15.8 Å². The molecular formula is C17H16N2O4. The van der Waals surface area contributed by atoms with Gasteiger partial charge < -0.3 is 14.5 Å². The van der Waals surface area contributed by atoms with Crippen molar-refractivity contribution in [2.75, 3.05) is 5.32 Å². The van der Waals surface area contributed by atoms with Crippen LogP contribution in [-0.4, -0.2) is 17.0 Å². The van der Waals surface area contributed by atoms with Gasteiger partial charge in [-0.05, 0) is 44.2 Å². The zero-order valence-electron chi connectivity index (χ0n) is 12.8. The minimum atomic E-state index is -0.656. The van der Waals surface area contributed by atoms with Gasteiger partial charge in [0.15, 0.2) is 11.7 Å². The predicted molar refractivity (Wildman–Crippen MR) is 86.7 cm³/mol. The Kier molecular flexibility index (Phi) is 3.89. The van der Waals surface area contributed by atoms with Crippen molar-refractivity contribution in [3.63, 3.8) is 0 Å². The highest BCUT2D eigenvalue weighted by molar-refractivity contribution is 5.95. The molecule has 1 unspecified atom stereocenters. The van der Waals surface area contributed by atoms with Crippen LogP contribution in [0.25, 0.3) is 11.1 Å². The fraction of sp³-hybridized carbons (Fsp3) is 0.176. The summed E-state index contributed by atoms with van der Waals surface area (Å²) in [6, 6.07) is 12.4. The Morgan fingerprint density at radius 2 is 1.96 bits per heavy atom. The molecule has 6 nitrogen and oxygen atoms in total. The van der Waals surface area contributed by atoms with E-state index in [4.69, 9.17) is 9.15 Å². The summed E-state index contributed by atoms with van der Waals surface area (Å²) in [5, 5.41) is 2.75. The van der Waals surface area contributed by atoms with Gasteiger partial charge in [-0.3, -0.25) is 9.78 Å². The molecule has 2 N–H and O–H groups in total. The number of carbonyl (C=O) groups excluding carboxylic acids is 1. The molecule has 3 rings (SSSR count). The van der Waals surface area contributed by atoms with Crippen LogP contribution in [0, 0.1) is 6.92 Å². The van der Waals surface area contributed by atoms with Crippen LogP contribution in [0.2, 0.25) is 0 Å². The number of aromatic amines is 1. The molecular weight excluding hydrogens is 296 g/mol. The first-order valence-electron chi connectivity index (χ1n) is 7.18. The van der Waals surface area contributed by atoms with Crippen LogP contribution in [0.1, 0.15) is 12.5 Å². The monoisotopic (exact) mass is 312 g/mol. The Labute approximate surface area is 132 Å². The van der Waals surface area contributed by atoms with Gasteiger partial charge in [-0.25, -0.2) is 4.79 Å². The van der Waals surface area contributed by atoms with E-state index in [0.29, 0.717) is 22.5 Å². The topological polar surface area (TPSA) is 84.3 Å². The SMILES string of the molecule is Cc1ccc(OC(C)C(=O)Nc2ccc3oc(=O)[nH]c3c2)cc1. The Morgan fingerprint density at radius 3 is 2.70 bits per heavy atom. The lowest BCUT2D eigenvalue weighted by Crippen LogP contribution is -2.30. The number of H-pyrrole nitrogens is 1. The fourth-order valence-corrected chi connectivity index (χ4v) is 2.15. The first-order chi connectivity index (χ1) is 11.0. The van der Waals surface area contributed by atoms with Crippen LogP contribution in [0.4, 0.5) is 5.69 Å². The molecule has 1 aromatic heterocycles. The molecule has 6 heteroatoms. The molecule has 2 aromatic carbocycles. The van der Waals surface area contributed by atoms with E-state index in [1.165, 1.54) is 0 Å². The molecule has 0 saturated heterocycles. The molecule has 1 atom stereocenters. The normalized spacial score (nSPS) is 12.1. The fourth-order valence-electron chi connectivity index (χ4n) is 2.15. The standard InChI is InChI=1S/C17H16N2O4/c1-10-3-6-13(7-4-10)22-11(2)16(20)18-12-5-8-15-14(9-12)19-17(21)23-15/h3-9,11H,1-2H3,(H,18,20)(H,19,21). The second kappa shape index (κ2) is 6.00. The lowest BCUT2D eigenvalue weighted by Gasteiger charge is -2.14. The molecule has 3 aromatic rings. The number of nitrogens with one attached hydrogen (secondary N) is 2. The number of aromatic nitrogens is 1. The number of hydrogen-bond donors (Lipinski definition) is 2. The number of benzene rings is 2. The highest BCUT2D eigenvalue weighted by Crippen LogP contribution is 2.17. The summed E-state index contributed by atoms with van der Waals surface area (Å²) < 4.78 is 10.5. The maximum absolute atomic E-state index is 12.2. The smallest absolute Gasteiger partial charge is 0.417 e. The number of ether oxygens (including phenoxy) is 1. The summed E-state index contributed by atoms with van der Waals surface area (Å²) in [4.78, 5) is 25.9. The van der Waals surface area contributed by atoms with Crippen molar-refractivity contribution < 1.29 is 13.9 Å². The van der Waals surface area contributed by atoms with Crippen molar-refractivity contribution in [3.05, 3.63) is 58.6 Å². The van der Waals surface area contributed by atoms with E-state index in [9.17, 15) is 9.59 Å². The van der Waals surface area contributed by atoms with E-state index in [2.05, 4.69) is 10.3 Å². The predicted octanol–water partition coefficient (Wildman–Crippen LogP) is 2.84. The number of fused-ring (bicyclic) bond motifs is 1. The van der Waals surface area contributed by atoms with E-state index in [-0.39, 0.29) is 5.91 Å². The minimum absolute atomic E-state index is 0.282. The Morgan fingerprint density at radius 1 is 1.22 bits per heavy atom. The van der Waals surface area contributed by atoms with Crippen molar-refractivity contribution in [1.29, 1.82) is 0 Å². The van der Waals surface area contributed by atoms with E-state index in [0.717, 1.165) is 5.56 Å². The van der Waals surface area contributed by atoms with Crippen molar-refractivity contribution in [2.24, 2.45) is 0 Å². The molecule has 1 amide bonds. The van der Waals surface area contributed by atoms with Gasteiger partial charge in [-0.2, -0.15) is 0 Å². The number of hydrogen-bond acceptors (Lipinski definition) is 4. The molecule has 0 aliphatic heterocycles. The summed E-state index contributed by atoms with van der Waals surface area (Å²) in [6.07, 6.45) is -0.656. The van der Waals surface area contributed by atoms with Gasteiger partial charge in [0.05, 0.1) is 5.52 Å². The van der Waals surface area contributed by atoms with Crippen molar-refractivity contribution in [2.45, 2.75) is 20.0 Å². The van der Waals surface area contributed by atoms with Gasteiger partial charge in [-0.15, -0.1) is 0 Å². The number of aryl methyl sites for hydroxylation is 1. The number of carbonyl (C=O) groups is 1. The molecule has 0 aliphatic carbocycles. The van der Waals surface area contributed by atoms with Gasteiger partial charge in [-0.1, -0.05) is 17.7 Å². The Hall–Kier alpha value is -3.02. The molecule has 0 fully saturated rings. The zero-order chi connectivity index (χ0) is 16.4. The first kappa shape index (κ1) is 14.9. The molecule has 0 bridgehead atoms. The molecule has 0 aliphatic rings. The van der Waals surface area contributed by atoms with E-state index in [1.54, 1.807) is 25.1 Å². The van der Waals surface area contributed by atoms with E-state index < -0.39 is 11.9 Å². The Bertz CT molecular complexity index is 893. The lowest BCUT2D eigenvalue weighted by atomic mass is 10.2. The maximum atomic E-state index is 12.2. The van der Waals surface area contributed by atoms with Crippen LogP contribution >= 0.6 is 0 Å². The largest absolute Gasteiger partial charge is 0.481 e. The minimum Gasteiger partial charge on any atom is -0.481 e. The summed E-state index contributed by atoms with van der Waals surface area (Å²) in [5.74, 6) is -0.178. The molecule has 0 spiro atoms. The number of oxazole rings is 1.